The molecule has 1 aliphatic heterocycles. The SMILES string of the molecule is CC(C)(C)OC(=O)N(CC(O)c1cc(Cl)nc(Br)c1)C[C@H]1CCC(=O)N1. The van der Waals surface area contributed by atoms with Crippen molar-refractivity contribution < 1.29 is 19.4 Å². The van der Waals surface area contributed by atoms with Gasteiger partial charge in [-0.15, -0.1) is 0 Å². The van der Waals surface area contributed by atoms with Crippen LogP contribution in [0.15, 0.2) is 16.7 Å². The molecule has 0 aromatic carbocycles. The van der Waals surface area contributed by atoms with Crippen LogP contribution in [-0.2, 0) is 9.53 Å². The van der Waals surface area contributed by atoms with Crippen LogP contribution in [0.2, 0.25) is 5.15 Å². The number of hydrogen-bond acceptors (Lipinski definition) is 5. The van der Waals surface area contributed by atoms with Crippen molar-refractivity contribution in [3.63, 3.8) is 0 Å². The van der Waals surface area contributed by atoms with Gasteiger partial charge in [0.25, 0.3) is 0 Å². The van der Waals surface area contributed by atoms with Gasteiger partial charge < -0.3 is 20.1 Å². The van der Waals surface area contributed by atoms with Gasteiger partial charge in [-0.2, -0.15) is 0 Å². The third kappa shape index (κ3) is 6.41. The van der Waals surface area contributed by atoms with E-state index in [0.717, 1.165) is 0 Å². The van der Waals surface area contributed by atoms with Crippen LogP contribution in [0.4, 0.5) is 4.79 Å². The van der Waals surface area contributed by atoms with Gasteiger partial charge >= 0.3 is 6.09 Å². The highest BCUT2D eigenvalue weighted by Gasteiger charge is 2.30. The van der Waals surface area contributed by atoms with Crippen LogP contribution in [0.3, 0.4) is 0 Å². The smallest absolute Gasteiger partial charge is 0.410 e. The van der Waals surface area contributed by atoms with Crippen molar-refractivity contribution in [1.82, 2.24) is 15.2 Å². The van der Waals surface area contributed by atoms with Gasteiger partial charge in [-0.05, 0) is 60.8 Å². The molecular formula is C17H23BrClN3O4. The molecule has 1 saturated heterocycles. The van der Waals surface area contributed by atoms with Crippen molar-refractivity contribution in [3.8, 4) is 0 Å². The Hall–Kier alpha value is -1.38. The molecule has 26 heavy (non-hydrogen) atoms. The van der Waals surface area contributed by atoms with E-state index in [1.165, 1.54) is 4.90 Å². The lowest BCUT2D eigenvalue weighted by molar-refractivity contribution is -0.119. The van der Waals surface area contributed by atoms with Gasteiger partial charge in [-0.25, -0.2) is 9.78 Å². The zero-order chi connectivity index (χ0) is 19.5. The number of nitrogens with one attached hydrogen (secondary N) is 1. The lowest BCUT2D eigenvalue weighted by Crippen LogP contribution is -2.45. The molecule has 1 aromatic rings. The minimum atomic E-state index is -0.976. The predicted molar refractivity (Wildman–Crippen MR) is 101 cm³/mol. The summed E-state index contributed by atoms with van der Waals surface area (Å²) in [6.45, 7) is 5.59. The van der Waals surface area contributed by atoms with E-state index < -0.39 is 17.8 Å². The minimum absolute atomic E-state index is 0.00800. The average molecular weight is 449 g/mol. The number of halogens is 2. The van der Waals surface area contributed by atoms with Crippen molar-refractivity contribution in [2.24, 2.45) is 0 Å². The minimum Gasteiger partial charge on any atom is -0.444 e. The molecule has 0 saturated carbocycles. The van der Waals surface area contributed by atoms with Gasteiger partial charge in [0.1, 0.15) is 15.4 Å². The van der Waals surface area contributed by atoms with Gasteiger partial charge in [-0.3, -0.25) is 4.79 Å². The van der Waals surface area contributed by atoms with Gasteiger partial charge in [0.05, 0.1) is 12.6 Å². The van der Waals surface area contributed by atoms with E-state index in [2.05, 4.69) is 26.2 Å². The van der Waals surface area contributed by atoms with Gasteiger partial charge in [-0.1, -0.05) is 11.6 Å². The van der Waals surface area contributed by atoms with Crippen LogP contribution in [0, 0.1) is 0 Å². The van der Waals surface area contributed by atoms with Gasteiger partial charge in [0, 0.05) is 19.0 Å². The summed E-state index contributed by atoms with van der Waals surface area (Å²) in [5, 5.41) is 13.6. The third-order valence-electron chi connectivity index (χ3n) is 3.74. The molecule has 1 unspecified atom stereocenters. The summed E-state index contributed by atoms with van der Waals surface area (Å²) in [5.41, 5.74) is -0.136. The molecule has 0 radical (unpaired) electrons. The van der Waals surface area contributed by atoms with Crippen LogP contribution in [0.1, 0.15) is 45.3 Å². The van der Waals surface area contributed by atoms with Crippen molar-refractivity contribution in [2.75, 3.05) is 13.1 Å². The first-order chi connectivity index (χ1) is 12.0. The molecule has 2 N–H and O–H groups in total. The van der Waals surface area contributed by atoms with Gasteiger partial charge in [0.15, 0.2) is 0 Å². The standard InChI is InChI=1S/C17H23BrClN3O4/c1-17(2,3)26-16(25)22(8-11-4-5-15(24)20-11)9-12(23)10-6-13(18)21-14(19)7-10/h6-7,11-12,23H,4-5,8-9H2,1-3H3,(H,20,24)/t11-,12?/m1/s1. The number of aliphatic hydroxyl groups excluding tert-OH is 1. The van der Waals surface area contributed by atoms with E-state index in [0.29, 0.717) is 23.0 Å². The highest BCUT2D eigenvalue weighted by Crippen LogP contribution is 2.23. The maximum absolute atomic E-state index is 12.6. The molecule has 0 bridgehead atoms. The largest absolute Gasteiger partial charge is 0.444 e. The van der Waals surface area contributed by atoms with Crippen molar-refractivity contribution in [3.05, 3.63) is 27.5 Å². The number of nitrogens with zero attached hydrogens (tertiary/aromatic N) is 2. The molecule has 2 atom stereocenters. The first kappa shape index (κ1) is 20.9. The van der Waals surface area contributed by atoms with E-state index >= 15 is 0 Å². The number of aliphatic hydroxyl groups is 1. The fourth-order valence-corrected chi connectivity index (χ4v) is 3.39. The number of carbonyl (C=O) groups is 2. The van der Waals surface area contributed by atoms with E-state index in [4.69, 9.17) is 16.3 Å². The molecule has 1 aliphatic rings. The fourth-order valence-electron chi connectivity index (χ4n) is 2.62. The molecule has 2 heterocycles. The Morgan fingerprint density at radius 1 is 1.54 bits per heavy atom. The molecule has 2 amide bonds. The second kappa shape index (κ2) is 8.54. The zero-order valence-electron chi connectivity index (χ0n) is 15.0. The Labute approximate surface area is 166 Å². The monoisotopic (exact) mass is 447 g/mol. The quantitative estimate of drug-likeness (QED) is 0.676. The molecule has 7 nitrogen and oxygen atoms in total. The van der Waals surface area contributed by atoms with Crippen LogP contribution < -0.4 is 5.32 Å². The molecule has 0 aliphatic carbocycles. The predicted octanol–water partition coefficient (Wildman–Crippen LogP) is 3.05. The van der Waals surface area contributed by atoms with Crippen LogP contribution in [-0.4, -0.2) is 51.7 Å². The summed E-state index contributed by atoms with van der Waals surface area (Å²) in [4.78, 5) is 29.4. The fraction of sp³-hybridized carbons (Fsp3) is 0.588. The van der Waals surface area contributed by atoms with Crippen molar-refractivity contribution in [2.45, 2.75) is 51.4 Å². The number of ether oxygens (including phenoxy) is 1. The Bertz CT molecular complexity index is 660. The number of carbonyl (C=O) groups excluding carboxylic acids is 2. The Balaban J connectivity index is 2.13. The lowest BCUT2D eigenvalue weighted by atomic mass is 10.1. The number of rotatable bonds is 5. The first-order valence-electron chi connectivity index (χ1n) is 8.32. The third-order valence-corrected chi connectivity index (χ3v) is 4.34. The number of pyridine rings is 1. The molecule has 1 aromatic heterocycles. The maximum atomic E-state index is 12.6. The molecule has 0 spiro atoms. The summed E-state index contributed by atoms with van der Waals surface area (Å²) in [6, 6.07) is 3.03. The van der Waals surface area contributed by atoms with Crippen LogP contribution in [0.5, 0.6) is 0 Å². The Morgan fingerprint density at radius 3 is 2.77 bits per heavy atom. The van der Waals surface area contributed by atoms with Gasteiger partial charge in [0.2, 0.25) is 5.91 Å². The molecule has 9 heteroatoms. The lowest BCUT2D eigenvalue weighted by Gasteiger charge is -2.30. The average Bonchev–Trinajstić information content (AvgIpc) is 2.89. The first-order valence-corrected chi connectivity index (χ1v) is 9.49. The summed E-state index contributed by atoms with van der Waals surface area (Å²) in [7, 11) is 0. The summed E-state index contributed by atoms with van der Waals surface area (Å²) < 4.78 is 5.93. The zero-order valence-corrected chi connectivity index (χ0v) is 17.3. The van der Waals surface area contributed by atoms with E-state index in [-0.39, 0.29) is 30.2 Å². The molecule has 144 valence electrons. The molecule has 2 rings (SSSR count). The number of aromatic nitrogens is 1. The maximum Gasteiger partial charge on any atom is 0.410 e. The summed E-state index contributed by atoms with van der Waals surface area (Å²) in [6.07, 6.45) is -0.447. The van der Waals surface area contributed by atoms with Crippen LogP contribution in [0.25, 0.3) is 0 Å². The second-order valence-corrected chi connectivity index (χ2v) is 8.45. The Kier molecular flexibility index (Phi) is 6.87. The molecular weight excluding hydrogens is 426 g/mol. The van der Waals surface area contributed by atoms with Crippen molar-refractivity contribution >= 4 is 39.5 Å². The van der Waals surface area contributed by atoms with E-state index in [1.807, 2.05) is 0 Å². The number of amides is 2. The summed E-state index contributed by atoms with van der Waals surface area (Å²) in [5.74, 6) is -0.0375. The Morgan fingerprint density at radius 2 is 2.23 bits per heavy atom. The second-order valence-electron chi connectivity index (χ2n) is 7.25. The molecule has 1 fully saturated rings. The normalized spacial score (nSPS) is 18.4. The van der Waals surface area contributed by atoms with E-state index in [1.54, 1.807) is 32.9 Å². The van der Waals surface area contributed by atoms with Crippen molar-refractivity contribution in [1.29, 1.82) is 0 Å². The summed E-state index contributed by atoms with van der Waals surface area (Å²) >= 11 is 9.16. The topological polar surface area (TPSA) is 91.8 Å². The van der Waals surface area contributed by atoms with Crippen LogP contribution >= 0.6 is 27.5 Å². The highest BCUT2D eigenvalue weighted by molar-refractivity contribution is 9.10. The highest BCUT2D eigenvalue weighted by atomic mass is 79.9. The number of hydrogen-bond donors (Lipinski definition) is 2. The van der Waals surface area contributed by atoms with E-state index in [9.17, 15) is 14.7 Å².